The molecule has 0 aliphatic heterocycles. The molecule has 0 aliphatic carbocycles. The van der Waals surface area contributed by atoms with Crippen LogP contribution < -0.4 is 10.9 Å². The molecular weight excluding hydrogens is 349 g/mol. The van der Waals surface area contributed by atoms with Crippen molar-refractivity contribution in [3.8, 4) is 11.4 Å². The molecule has 2 aromatic heterocycles. The number of fused-ring (bicyclic) bond motifs is 3. The second-order valence-electron chi connectivity index (χ2n) is 5.91. The first-order chi connectivity index (χ1) is 13.1. The van der Waals surface area contributed by atoms with Crippen LogP contribution in [0.25, 0.3) is 33.3 Å². The molecule has 1 N–H and O–H groups in total. The predicted molar refractivity (Wildman–Crippen MR) is 99.9 cm³/mol. The summed E-state index contributed by atoms with van der Waals surface area (Å²) in [6.45, 7) is 1.69. The van der Waals surface area contributed by atoms with Crippen LogP contribution in [-0.2, 0) is 4.79 Å². The average Bonchev–Trinajstić information content (AvgIpc) is 2.68. The number of aromatic nitrogens is 2. The van der Waals surface area contributed by atoms with Gasteiger partial charge >= 0.3 is 5.63 Å². The normalized spacial score (nSPS) is 11.0. The smallest absolute Gasteiger partial charge is 0.349 e. The van der Waals surface area contributed by atoms with E-state index < -0.39 is 5.63 Å². The molecule has 1 amide bonds. The number of para-hydroxylation sites is 1. The highest BCUT2D eigenvalue weighted by atomic mass is 19.1. The second-order valence-corrected chi connectivity index (χ2v) is 5.91. The van der Waals surface area contributed by atoms with Gasteiger partial charge in [-0.25, -0.2) is 19.2 Å². The third kappa shape index (κ3) is 3.03. The molecule has 0 saturated carbocycles. The largest absolute Gasteiger partial charge is 0.422 e. The van der Waals surface area contributed by atoms with E-state index in [2.05, 4.69) is 15.3 Å². The highest BCUT2D eigenvalue weighted by molar-refractivity contribution is 6.08. The van der Waals surface area contributed by atoms with Gasteiger partial charge in [-0.05, 0) is 36.4 Å². The lowest BCUT2D eigenvalue weighted by Gasteiger charge is -2.10. The highest BCUT2D eigenvalue weighted by Crippen LogP contribution is 2.28. The minimum absolute atomic E-state index is 0.0747. The zero-order chi connectivity index (χ0) is 19.0. The number of carbonyl (C=O) groups is 1. The SMILES string of the molecule is CCC(=O)Nc1nc(-c2ccc(F)cc2)nc2c1c(=O)oc1ccccc12. The lowest BCUT2D eigenvalue weighted by Crippen LogP contribution is -2.15. The maximum absolute atomic E-state index is 13.3. The number of benzene rings is 2. The average molecular weight is 363 g/mol. The molecule has 0 fully saturated rings. The zero-order valence-electron chi connectivity index (χ0n) is 14.3. The van der Waals surface area contributed by atoms with Gasteiger partial charge in [0.2, 0.25) is 5.91 Å². The number of carbonyl (C=O) groups excluding carboxylic acids is 1. The van der Waals surface area contributed by atoms with Gasteiger partial charge < -0.3 is 9.73 Å². The molecule has 134 valence electrons. The fourth-order valence-corrected chi connectivity index (χ4v) is 2.79. The number of hydrogen-bond donors (Lipinski definition) is 1. The van der Waals surface area contributed by atoms with E-state index in [1.54, 1.807) is 31.2 Å². The Morgan fingerprint density at radius 2 is 1.85 bits per heavy atom. The van der Waals surface area contributed by atoms with Gasteiger partial charge in [0.1, 0.15) is 16.8 Å². The third-order valence-corrected chi connectivity index (χ3v) is 4.14. The van der Waals surface area contributed by atoms with Crippen molar-refractivity contribution in [2.24, 2.45) is 0 Å². The minimum atomic E-state index is -0.638. The van der Waals surface area contributed by atoms with Crippen molar-refractivity contribution >= 4 is 33.6 Å². The van der Waals surface area contributed by atoms with Crippen LogP contribution in [0.4, 0.5) is 10.2 Å². The fraction of sp³-hybridized carbons (Fsp3) is 0.100. The number of halogens is 1. The highest BCUT2D eigenvalue weighted by Gasteiger charge is 2.18. The van der Waals surface area contributed by atoms with E-state index in [1.165, 1.54) is 24.3 Å². The number of hydrogen-bond acceptors (Lipinski definition) is 5. The molecule has 7 heteroatoms. The molecule has 4 aromatic rings. The van der Waals surface area contributed by atoms with Crippen molar-refractivity contribution < 1.29 is 13.6 Å². The molecule has 0 bridgehead atoms. The van der Waals surface area contributed by atoms with E-state index >= 15 is 0 Å². The summed E-state index contributed by atoms with van der Waals surface area (Å²) in [6, 6.07) is 12.7. The van der Waals surface area contributed by atoms with Crippen molar-refractivity contribution in [1.29, 1.82) is 0 Å². The summed E-state index contributed by atoms with van der Waals surface area (Å²) in [7, 11) is 0. The summed E-state index contributed by atoms with van der Waals surface area (Å²) in [4.78, 5) is 33.3. The van der Waals surface area contributed by atoms with Crippen LogP contribution in [0.5, 0.6) is 0 Å². The molecule has 0 aliphatic rings. The van der Waals surface area contributed by atoms with E-state index in [-0.39, 0.29) is 35.2 Å². The van der Waals surface area contributed by atoms with Gasteiger partial charge in [-0.1, -0.05) is 19.1 Å². The number of nitrogens with zero attached hydrogens (tertiary/aromatic N) is 2. The monoisotopic (exact) mass is 363 g/mol. The Morgan fingerprint density at radius 3 is 2.59 bits per heavy atom. The molecule has 0 unspecified atom stereocenters. The molecule has 0 radical (unpaired) electrons. The van der Waals surface area contributed by atoms with Crippen LogP contribution in [0.2, 0.25) is 0 Å². The lowest BCUT2D eigenvalue weighted by atomic mass is 10.1. The number of anilines is 1. The van der Waals surface area contributed by atoms with Crippen molar-refractivity contribution in [2.45, 2.75) is 13.3 Å². The van der Waals surface area contributed by atoms with E-state index in [9.17, 15) is 14.0 Å². The minimum Gasteiger partial charge on any atom is -0.422 e. The van der Waals surface area contributed by atoms with Crippen LogP contribution >= 0.6 is 0 Å². The summed E-state index contributed by atoms with van der Waals surface area (Å²) in [5, 5.41) is 3.35. The summed E-state index contributed by atoms with van der Waals surface area (Å²) < 4.78 is 18.6. The summed E-state index contributed by atoms with van der Waals surface area (Å²) in [5.74, 6) is -0.340. The molecule has 0 spiro atoms. The van der Waals surface area contributed by atoms with Crippen molar-refractivity contribution in [3.05, 3.63) is 64.8 Å². The Kier molecular flexibility index (Phi) is 4.12. The van der Waals surface area contributed by atoms with Gasteiger partial charge in [0.05, 0.1) is 5.52 Å². The van der Waals surface area contributed by atoms with Crippen LogP contribution in [0.3, 0.4) is 0 Å². The zero-order valence-corrected chi connectivity index (χ0v) is 14.3. The third-order valence-electron chi connectivity index (χ3n) is 4.14. The molecule has 2 heterocycles. The van der Waals surface area contributed by atoms with Crippen molar-refractivity contribution in [1.82, 2.24) is 9.97 Å². The fourth-order valence-electron chi connectivity index (χ4n) is 2.79. The number of rotatable bonds is 3. The van der Waals surface area contributed by atoms with E-state index in [0.29, 0.717) is 22.0 Å². The summed E-state index contributed by atoms with van der Waals surface area (Å²) in [6.07, 6.45) is 0.219. The van der Waals surface area contributed by atoms with Gasteiger partial charge in [-0.3, -0.25) is 4.79 Å². The number of amides is 1. The standard InChI is InChI=1S/C20H14FN3O3/c1-2-15(25)22-19-16-17(13-5-3-4-6-14(13)27-20(16)26)23-18(24-19)11-7-9-12(21)10-8-11/h3-10H,2H2,1H3,(H,22,23,24,25). The summed E-state index contributed by atoms with van der Waals surface area (Å²) >= 11 is 0. The van der Waals surface area contributed by atoms with E-state index in [4.69, 9.17) is 4.42 Å². The molecule has 6 nitrogen and oxygen atoms in total. The van der Waals surface area contributed by atoms with Crippen molar-refractivity contribution in [2.75, 3.05) is 5.32 Å². The first kappa shape index (κ1) is 16.8. The Morgan fingerprint density at radius 1 is 1.11 bits per heavy atom. The molecule has 0 atom stereocenters. The quantitative estimate of drug-likeness (QED) is 0.441. The van der Waals surface area contributed by atoms with Crippen LogP contribution in [0.1, 0.15) is 13.3 Å². The molecule has 2 aromatic carbocycles. The Bertz CT molecular complexity index is 1230. The first-order valence-corrected chi connectivity index (χ1v) is 8.36. The predicted octanol–water partition coefficient (Wildman–Crippen LogP) is 3.89. The molecule has 27 heavy (non-hydrogen) atoms. The number of nitrogens with one attached hydrogen (secondary N) is 1. The maximum atomic E-state index is 13.3. The van der Waals surface area contributed by atoms with Crippen LogP contribution in [0.15, 0.2) is 57.7 Å². The van der Waals surface area contributed by atoms with Gasteiger partial charge in [0.15, 0.2) is 11.6 Å². The van der Waals surface area contributed by atoms with Gasteiger partial charge in [-0.15, -0.1) is 0 Å². The maximum Gasteiger partial charge on any atom is 0.349 e. The van der Waals surface area contributed by atoms with E-state index in [1.807, 2.05) is 0 Å². The Balaban J connectivity index is 2.08. The van der Waals surface area contributed by atoms with Crippen LogP contribution in [0, 0.1) is 5.82 Å². The molecule has 4 rings (SSSR count). The lowest BCUT2D eigenvalue weighted by molar-refractivity contribution is -0.115. The van der Waals surface area contributed by atoms with Gasteiger partial charge in [-0.2, -0.15) is 0 Å². The van der Waals surface area contributed by atoms with Crippen molar-refractivity contribution in [3.63, 3.8) is 0 Å². The van der Waals surface area contributed by atoms with Gasteiger partial charge in [0, 0.05) is 17.4 Å². The molecular formula is C20H14FN3O3. The summed E-state index contributed by atoms with van der Waals surface area (Å²) in [5.41, 5.74) is 0.664. The first-order valence-electron chi connectivity index (χ1n) is 8.36. The second kappa shape index (κ2) is 6.60. The topological polar surface area (TPSA) is 85.1 Å². The van der Waals surface area contributed by atoms with Gasteiger partial charge in [0.25, 0.3) is 0 Å². The van der Waals surface area contributed by atoms with Crippen LogP contribution in [-0.4, -0.2) is 15.9 Å². The Labute approximate surface area is 152 Å². The van der Waals surface area contributed by atoms with E-state index in [0.717, 1.165) is 0 Å². The molecule has 0 saturated heterocycles. The Hall–Kier alpha value is -3.61.